The lowest BCUT2D eigenvalue weighted by atomic mass is 9.88. The van der Waals surface area contributed by atoms with Gasteiger partial charge in [0.25, 0.3) is 5.91 Å². The molecular weight excluding hydrogens is 287 g/mol. The summed E-state index contributed by atoms with van der Waals surface area (Å²) >= 11 is 0. The maximum atomic E-state index is 13.1. The number of benzene rings is 1. The van der Waals surface area contributed by atoms with Crippen LogP contribution >= 0.6 is 0 Å². The molecule has 22 heavy (non-hydrogen) atoms. The molecule has 1 unspecified atom stereocenters. The van der Waals surface area contributed by atoms with Gasteiger partial charge in [0.15, 0.2) is 6.23 Å². The number of amides is 1. The van der Waals surface area contributed by atoms with E-state index in [0.717, 1.165) is 38.2 Å². The average molecular weight is 308 g/mol. The van der Waals surface area contributed by atoms with Crippen molar-refractivity contribution in [2.45, 2.75) is 45.3 Å². The predicted octanol–water partition coefficient (Wildman–Crippen LogP) is 2.61. The summed E-state index contributed by atoms with van der Waals surface area (Å²) in [5.74, 6) is -1.31. The second kappa shape index (κ2) is 7.24. The van der Waals surface area contributed by atoms with E-state index in [1.807, 2.05) is 0 Å². The molecule has 0 aromatic heterocycles. The second-order valence-corrected chi connectivity index (χ2v) is 5.63. The van der Waals surface area contributed by atoms with Crippen molar-refractivity contribution in [1.82, 2.24) is 5.32 Å². The summed E-state index contributed by atoms with van der Waals surface area (Å²) < 4.78 is 18.3. The number of halogens is 1. The third kappa shape index (κ3) is 4.19. The quantitative estimate of drug-likeness (QED) is 0.509. The Labute approximate surface area is 129 Å². The minimum absolute atomic E-state index is 0.0581. The molecule has 0 aliphatic heterocycles. The monoisotopic (exact) mass is 308 g/mol. The van der Waals surface area contributed by atoms with E-state index in [0.29, 0.717) is 0 Å². The molecule has 0 saturated heterocycles. The number of anilines is 1. The Balaban J connectivity index is 2.11. The van der Waals surface area contributed by atoms with Gasteiger partial charge in [-0.3, -0.25) is 9.59 Å². The van der Waals surface area contributed by atoms with Crippen LogP contribution in [0.5, 0.6) is 0 Å². The molecule has 1 fully saturated rings. The van der Waals surface area contributed by atoms with E-state index >= 15 is 0 Å². The van der Waals surface area contributed by atoms with E-state index in [4.69, 9.17) is 10.5 Å². The van der Waals surface area contributed by atoms with Crippen molar-refractivity contribution < 1.29 is 18.7 Å². The molecule has 6 heteroatoms. The number of hydrogen-bond donors (Lipinski definition) is 2. The van der Waals surface area contributed by atoms with E-state index in [1.54, 1.807) is 0 Å². The molecule has 5 nitrogen and oxygen atoms in total. The lowest BCUT2D eigenvalue weighted by Crippen LogP contribution is -2.44. The summed E-state index contributed by atoms with van der Waals surface area (Å²) in [4.78, 5) is 23.6. The molecule has 0 spiro atoms. The number of rotatable bonds is 4. The molecule has 1 aromatic rings. The number of esters is 1. The molecule has 1 atom stereocenters. The number of nitrogen functional groups attached to an aromatic ring is 1. The summed E-state index contributed by atoms with van der Waals surface area (Å²) in [7, 11) is 0. The zero-order valence-electron chi connectivity index (χ0n) is 12.6. The van der Waals surface area contributed by atoms with Gasteiger partial charge < -0.3 is 15.8 Å². The highest BCUT2D eigenvalue weighted by Gasteiger charge is 2.28. The number of carbonyl (C=O) groups is 2. The van der Waals surface area contributed by atoms with Crippen LogP contribution < -0.4 is 11.1 Å². The van der Waals surface area contributed by atoms with Crippen LogP contribution in [0.1, 0.15) is 49.4 Å². The Morgan fingerprint density at radius 1 is 1.32 bits per heavy atom. The lowest BCUT2D eigenvalue weighted by molar-refractivity contribution is -0.151. The molecule has 0 heterocycles. The fraction of sp³-hybridized carbons (Fsp3) is 0.500. The standard InChI is InChI=1S/C16H21FN2O3/c1-10(20)22-16(11-5-3-2-4-6-11)19-15(21)13-8-7-12(17)9-14(13)18/h7-9,11,16H,2-6,18H2,1H3,(H,19,21). The maximum absolute atomic E-state index is 13.1. The summed E-state index contributed by atoms with van der Waals surface area (Å²) in [6.45, 7) is 1.31. The predicted molar refractivity (Wildman–Crippen MR) is 80.4 cm³/mol. The molecule has 2 rings (SSSR count). The highest BCUT2D eigenvalue weighted by atomic mass is 19.1. The van der Waals surface area contributed by atoms with Gasteiger partial charge in [0.1, 0.15) is 5.82 Å². The first-order chi connectivity index (χ1) is 10.5. The largest absolute Gasteiger partial charge is 0.442 e. The number of nitrogens with two attached hydrogens (primary N) is 1. The molecule has 1 amide bonds. The van der Waals surface area contributed by atoms with Gasteiger partial charge in [-0.1, -0.05) is 19.3 Å². The molecule has 1 aliphatic rings. The SMILES string of the molecule is CC(=O)OC(NC(=O)c1ccc(F)cc1N)C1CCCCC1. The number of ether oxygens (including phenoxy) is 1. The van der Waals surface area contributed by atoms with Crippen LogP contribution in [0.3, 0.4) is 0 Å². The van der Waals surface area contributed by atoms with E-state index in [1.165, 1.54) is 19.1 Å². The minimum atomic E-state index is -0.672. The van der Waals surface area contributed by atoms with Crippen molar-refractivity contribution in [3.05, 3.63) is 29.6 Å². The van der Waals surface area contributed by atoms with Crippen molar-refractivity contribution in [1.29, 1.82) is 0 Å². The third-order valence-electron chi connectivity index (χ3n) is 3.90. The zero-order valence-corrected chi connectivity index (χ0v) is 12.6. The van der Waals surface area contributed by atoms with Crippen LogP contribution in [-0.2, 0) is 9.53 Å². The zero-order chi connectivity index (χ0) is 16.1. The van der Waals surface area contributed by atoms with Gasteiger partial charge in [-0.25, -0.2) is 4.39 Å². The molecule has 1 aliphatic carbocycles. The summed E-state index contributed by atoms with van der Waals surface area (Å²) in [5.41, 5.74) is 5.90. The van der Waals surface area contributed by atoms with Crippen LogP contribution in [0.25, 0.3) is 0 Å². The lowest BCUT2D eigenvalue weighted by Gasteiger charge is -2.30. The van der Waals surface area contributed by atoms with Gasteiger partial charge in [-0.05, 0) is 31.0 Å². The number of nitrogens with one attached hydrogen (secondary N) is 1. The topological polar surface area (TPSA) is 81.4 Å². The summed E-state index contributed by atoms with van der Waals surface area (Å²) in [6, 6.07) is 3.59. The van der Waals surface area contributed by atoms with Gasteiger partial charge in [0, 0.05) is 18.5 Å². The van der Waals surface area contributed by atoms with Crippen molar-refractivity contribution >= 4 is 17.6 Å². The van der Waals surface area contributed by atoms with E-state index in [2.05, 4.69) is 5.32 Å². The molecule has 120 valence electrons. The van der Waals surface area contributed by atoms with Gasteiger partial charge in [0.05, 0.1) is 5.56 Å². The molecule has 3 N–H and O–H groups in total. The molecule has 0 radical (unpaired) electrons. The van der Waals surface area contributed by atoms with Crippen molar-refractivity contribution in [2.75, 3.05) is 5.73 Å². The fourth-order valence-electron chi connectivity index (χ4n) is 2.81. The van der Waals surface area contributed by atoms with Gasteiger partial charge >= 0.3 is 5.97 Å². The number of hydrogen-bond acceptors (Lipinski definition) is 4. The van der Waals surface area contributed by atoms with E-state index in [9.17, 15) is 14.0 Å². The van der Waals surface area contributed by atoms with E-state index < -0.39 is 23.9 Å². The maximum Gasteiger partial charge on any atom is 0.304 e. The van der Waals surface area contributed by atoms with E-state index in [-0.39, 0.29) is 17.2 Å². The minimum Gasteiger partial charge on any atom is -0.442 e. The van der Waals surface area contributed by atoms with Crippen molar-refractivity contribution in [3.63, 3.8) is 0 Å². The van der Waals surface area contributed by atoms with Crippen LogP contribution in [0.2, 0.25) is 0 Å². The average Bonchev–Trinajstić information content (AvgIpc) is 2.46. The summed E-state index contributed by atoms with van der Waals surface area (Å²) in [6.07, 6.45) is 4.39. The smallest absolute Gasteiger partial charge is 0.304 e. The number of carbonyl (C=O) groups excluding carboxylic acids is 2. The molecular formula is C16H21FN2O3. The first-order valence-electron chi connectivity index (χ1n) is 7.50. The van der Waals surface area contributed by atoms with Gasteiger partial charge in [-0.2, -0.15) is 0 Å². The Bertz CT molecular complexity index is 556. The highest BCUT2D eigenvalue weighted by molar-refractivity contribution is 5.99. The Morgan fingerprint density at radius 3 is 2.59 bits per heavy atom. The first-order valence-corrected chi connectivity index (χ1v) is 7.50. The summed E-state index contributed by atoms with van der Waals surface area (Å²) in [5, 5.41) is 2.71. The normalized spacial score (nSPS) is 16.8. The first kappa shape index (κ1) is 16.3. The molecule has 0 bridgehead atoms. The molecule has 1 aromatic carbocycles. The van der Waals surface area contributed by atoms with Gasteiger partial charge in [-0.15, -0.1) is 0 Å². The van der Waals surface area contributed by atoms with Crippen molar-refractivity contribution in [2.24, 2.45) is 5.92 Å². The van der Waals surface area contributed by atoms with Crippen molar-refractivity contribution in [3.8, 4) is 0 Å². The Hall–Kier alpha value is -2.11. The fourth-order valence-corrected chi connectivity index (χ4v) is 2.81. The van der Waals surface area contributed by atoms with Crippen LogP contribution in [0.15, 0.2) is 18.2 Å². The second-order valence-electron chi connectivity index (χ2n) is 5.63. The Kier molecular flexibility index (Phi) is 5.35. The molecule has 1 saturated carbocycles. The Morgan fingerprint density at radius 2 is 2.00 bits per heavy atom. The van der Waals surface area contributed by atoms with Gasteiger partial charge in [0.2, 0.25) is 0 Å². The van der Waals surface area contributed by atoms with Crippen LogP contribution in [0, 0.1) is 11.7 Å². The van der Waals surface area contributed by atoms with Crippen LogP contribution in [-0.4, -0.2) is 18.1 Å². The highest BCUT2D eigenvalue weighted by Crippen LogP contribution is 2.27. The van der Waals surface area contributed by atoms with Crippen LogP contribution in [0.4, 0.5) is 10.1 Å². The third-order valence-corrected chi connectivity index (χ3v) is 3.90.